The van der Waals surface area contributed by atoms with Crippen molar-refractivity contribution in [2.24, 2.45) is 0 Å². The Morgan fingerprint density at radius 1 is 1.16 bits per heavy atom. The van der Waals surface area contributed by atoms with Gasteiger partial charge in [0.15, 0.2) is 0 Å². The number of esters is 1. The Hall–Kier alpha value is -2.91. The number of aromatic nitrogens is 1. The van der Waals surface area contributed by atoms with Crippen LogP contribution in [0.2, 0.25) is 0 Å². The first kappa shape index (κ1) is 23.7. The summed E-state index contributed by atoms with van der Waals surface area (Å²) in [6.45, 7) is 1.03. The van der Waals surface area contributed by atoms with Gasteiger partial charge in [-0.05, 0) is 36.1 Å². The third kappa shape index (κ3) is 6.30. The molecule has 32 heavy (non-hydrogen) atoms. The molecule has 3 rings (SSSR count). The number of pyridine rings is 1. The van der Waals surface area contributed by atoms with Crippen LogP contribution in [0, 0.1) is 0 Å². The Bertz CT molecular complexity index is 940. The fraction of sp³-hybridized carbons (Fsp3) is 0.391. The third-order valence-electron chi connectivity index (χ3n) is 5.20. The molecule has 1 aliphatic heterocycles. The molecule has 170 valence electrons. The van der Waals surface area contributed by atoms with Crippen molar-refractivity contribution in [3.8, 4) is 0 Å². The second kappa shape index (κ2) is 11.6. The molecule has 0 aliphatic carbocycles. The van der Waals surface area contributed by atoms with Crippen LogP contribution in [0.5, 0.6) is 0 Å². The number of hydrogen-bond donors (Lipinski definition) is 0. The molecule has 1 fully saturated rings. The van der Waals surface area contributed by atoms with Gasteiger partial charge in [0.2, 0.25) is 5.91 Å². The van der Waals surface area contributed by atoms with Crippen molar-refractivity contribution in [3.63, 3.8) is 0 Å². The molecule has 1 aromatic heterocycles. The van der Waals surface area contributed by atoms with Crippen LogP contribution < -0.4 is 0 Å². The van der Waals surface area contributed by atoms with Crippen LogP contribution in [-0.2, 0) is 25.7 Å². The third-order valence-corrected chi connectivity index (χ3v) is 6.00. The van der Waals surface area contributed by atoms with Crippen molar-refractivity contribution in [1.82, 2.24) is 14.8 Å². The minimum atomic E-state index is -0.405. The minimum absolute atomic E-state index is 0.0716. The number of methoxy groups -OCH3 is 1. The van der Waals surface area contributed by atoms with Gasteiger partial charge in [0.05, 0.1) is 31.8 Å². The second-order valence-corrected chi connectivity index (χ2v) is 8.19. The standard InChI is InChI=1S/C23H27N3O5S/c1-30-22(28)9-12-25-13-18(31-16-17-7-10-24-11-8-17)14-26(15-21(25)27)23(29)19-5-3-4-6-20(19)32-2/h3-8,10-11,18H,9,12-16H2,1-2H3. The molecule has 2 heterocycles. The smallest absolute Gasteiger partial charge is 0.307 e. The van der Waals surface area contributed by atoms with E-state index >= 15 is 0 Å². The van der Waals surface area contributed by atoms with E-state index in [0.29, 0.717) is 12.2 Å². The Morgan fingerprint density at radius 3 is 2.62 bits per heavy atom. The first-order valence-electron chi connectivity index (χ1n) is 10.3. The molecule has 8 nitrogen and oxygen atoms in total. The topological polar surface area (TPSA) is 89.0 Å². The van der Waals surface area contributed by atoms with Gasteiger partial charge < -0.3 is 19.3 Å². The van der Waals surface area contributed by atoms with Crippen molar-refractivity contribution >= 4 is 29.5 Å². The average Bonchev–Trinajstić information content (AvgIpc) is 2.99. The number of amides is 2. The van der Waals surface area contributed by atoms with E-state index in [1.54, 1.807) is 23.4 Å². The number of nitrogens with zero attached hydrogens (tertiary/aromatic N) is 3. The highest BCUT2D eigenvalue weighted by molar-refractivity contribution is 7.98. The van der Waals surface area contributed by atoms with Gasteiger partial charge in [-0.3, -0.25) is 19.4 Å². The normalized spacial score (nSPS) is 16.6. The number of rotatable bonds is 8. The maximum atomic E-state index is 13.3. The zero-order valence-electron chi connectivity index (χ0n) is 18.2. The van der Waals surface area contributed by atoms with Gasteiger partial charge >= 0.3 is 5.97 Å². The molecule has 2 amide bonds. The molecule has 0 spiro atoms. The average molecular weight is 458 g/mol. The van der Waals surface area contributed by atoms with E-state index < -0.39 is 12.1 Å². The zero-order chi connectivity index (χ0) is 22.9. The van der Waals surface area contributed by atoms with Gasteiger partial charge in [0.25, 0.3) is 5.91 Å². The number of benzene rings is 1. The molecule has 9 heteroatoms. The highest BCUT2D eigenvalue weighted by Gasteiger charge is 2.32. The van der Waals surface area contributed by atoms with E-state index in [1.807, 2.05) is 36.6 Å². The van der Waals surface area contributed by atoms with Gasteiger partial charge in [-0.1, -0.05) is 12.1 Å². The highest BCUT2D eigenvalue weighted by atomic mass is 32.2. The van der Waals surface area contributed by atoms with Crippen molar-refractivity contribution in [2.75, 3.05) is 39.5 Å². The van der Waals surface area contributed by atoms with Gasteiger partial charge in [-0.2, -0.15) is 0 Å². The monoisotopic (exact) mass is 457 g/mol. The predicted molar refractivity (Wildman–Crippen MR) is 120 cm³/mol. The molecule has 1 aliphatic rings. The van der Waals surface area contributed by atoms with Crippen LogP contribution in [0.1, 0.15) is 22.3 Å². The van der Waals surface area contributed by atoms with E-state index in [-0.39, 0.29) is 44.4 Å². The molecule has 1 unspecified atom stereocenters. The van der Waals surface area contributed by atoms with Crippen molar-refractivity contribution in [2.45, 2.75) is 24.0 Å². The number of carbonyl (C=O) groups excluding carboxylic acids is 3. The molecule has 1 aromatic carbocycles. The van der Waals surface area contributed by atoms with E-state index in [1.165, 1.54) is 23.8 Å². The summed E-state index contributed by atoms with van der Waals surface area (Å²) in [4.78, 5) is 45.8. The van der Waals surface area contributed by atoms with Crippen molar-refractivity contribution in [1.29, 1.82) is 0 Å². The van der Waals surface area contributed by atoms with Crippen LogP contribution in [0.15, 0.2) is 53.7 Å². The van der Waals surface area contributed by atoms with Gasteiger partial charge in [-0.25, -0.2) is 0 Å². The minimum Gasteiger partial charge on any atom is -0.469 e. The maximum Gasteiger partial charge on any atom is 0.307 e. The summed E-state index contributed by atoms with van der Waals surface area (Å²) in [5.41, 5.74) is 1.51. The largest absolute Gasteiger partial charge is 0.469 e. The summed E-state index contributed by atoms with van der Waals surface area (Å²) in [5.74, 6) is -0.826. The highest BCUT2D eigenvalue weighted by Crippen LogP contribution is 2.22. The molecular weight excluding hydrogens is 430 g/mol. The summed E-state index contributed by atoms with van der Waals surface area (Å²) < 4.78 is 10.8. The number of hydrogen-bond acceptors (Lipinski definition) is 7. The molecule has 2 aromatic rings. The molecular formula is C23H27N3O5S. The van der Waals surface area contributed by atoms with Crippen LogP contribution in [0.4, 0.5) is 0 Å². The van der Waals surface area contributed by atoms with E-state index in [0.717, 1.165) is 10.5 Å². The molecule has 0 bridgehead atoms. The predicted octanol–water partition coefficient (Wildman–Crippen LogP) is 2.24. The van der Waals surface area contributed by atoms with Crippen LogP contribution in [0.3, 0.4) is 0 Å². The SMILES string of the molecule is COC(=O)CCN1CC(OCc2ccncc2)CN(C(=O)c2ccccc2SC)CC1=O. The Morgan fingerprint density at radius 2 is 1.91 bits per heavy atom. The first-order valence-corrected chi connectivity index (χ1v) is 11.5. The molecule has 0 N–H and O–H groups in total. The van der Waals surface area contributed by atoms with E-state index in [9.17, 15) is 14.4 Å². The molecule has 0 saturated carbocycles. The van der Waals surface area contributed by atoms with Crippen LogP contribution >= 0.6 is 11.8 Å². The van der Waals surface area contributed by atoms with Crippen LogP contribution in [-0.4, -0.2) is 78.2 Å². The summed E-state index contributed by atoms with van der Waals surface area (Å²) in [7, 11) is 1.32. The number of carbonyl (C=O) groups is 3. The fourth-order valence-corrected chi connectivity index (χ4v) is 4.06. The van der Waals surface area contributed by atoms with Crippen molar-refractivity contribution < 1.29 is 23.9 Å². The summed E-state index contributed by atoms with van der Waals surface area (Å²) >= 11 is 1.49. The summed E-state index contributed by atoms with van der Waals surface area (Å²) in [6.07, 6.45) is 4.97. The number of ether oxygens (including phenoxy) is 2. The lowest BCUT2D eigenvalue weighted by molar-refractivity contribution is -0.142. The summed E-state index contributed by atoms with van der Waals surface area (Å²) in [6, 6.07) is 11.1. The number of thioether (sulfide) groups is 1. The maximum absolute atomic E-state index is 13.3. The van der Waals surface area contributed by atoms with Crippen LogP contribution in [0.25, 0.3) is 0 Å². The lowest BCUT2D eigenvalue weighted by Gasteiger charge is -2.25. The molecule has 1 atom stereocenters. The lowest BCUT2D eigenvalue weighted by Crippen LogP contribution is -2.40. The molecule has 1 saturated heterocycles. The lowest BCUT2D eigenvalue weighted by atomic mass is 10.2. The zero-order valence-corrected chi connectivity index (χ0v) is 19.0. The quantitative estimate of drug-likeness (QED) is 0.444. The molecule has 0 radical (unpaired) electrons. The Balaban J connectivity index is 1.79. The Labute approximate surface area is 191 Å². The van der Waals surface area contributed by atoms with Gasteiger partial charge in [-0.15, -0.1) is 11.8 Å². The Kier molecular flexibility index (Phi) is 8.64. The fourth-order valence-electron chi connectivity index (χ4n) is 3.47. The van der Waals surface area contributed by atoms with E-state index in [2.05, 4.69) is 4.98 Å². The van der Waals surface area contributed by atoms with Crippen molar-refractivity contribution in [3.05, 3.63) is 59.9 Å². The first-order chi connectivity index (χ1) is 15.5. The van der Waals surface area contributed by atoms with Gasteiger partial charge in [0, 0.05) is 36.9 Å². The van der Waals surface area contributed by atoms with Gasteiger partial charge in [0.1, 0.15) is 6.54 Å². The van der Waals surface area contributed by atoms with E-state index in [4.69, 9.17) is 9.47 Å². The second-order valence-electron chi connectivity index (χ2n) is 7.34. The summed E-state index contributed by atoms with van der Waals surface area (Å²) in [5, 5.41) is 0.